The van der Waals surface area contributed by atoms with Crippen molar-refractivity contribution in [2.45, 2.75) is 0 Å². The van der Waals surface area contributed by atoms with E-state index in [0.29, 0.717) is 22.4 Å². The molecule has 6 nitrogen and oxygen atoms in total. The van der Waals surface area contributed by atoms with Crippen LogP contribution in [0.4, 0.5) is 11.8 Å². The Bertz CT molecular complexity index is 886. The summed E-state index contributed by atoms with van der Waals surface area (Å²) in [7, 11) is 1.82. The molecular weight excluding hydrogens is 344 g/mol. The van der Waals surface area contributed by atoms with Gasteiger partial charge in [-0.25, -0.2) is 4.98 Å². The topological polar surface area (TPSA) is 72.9 Å². The number of thioether (sulfide) groups is 1. The molecule has 1 aliphatic rings. The number of rotatable bonds is 2. The van der Waals surface area contributed by atoms with Gasteiger partial charge >= 0.3 is 0 Å². The van der Waals surface area contributed by atoms with Gasteiger partial charge in [-0.15, -0.1) is 0 Å². The molecule has 8 heteroatoms. The first-order chi connectivity index (χ1) is 11.6. The standard InChI is InChI=1S/C16H17ClN6S/c1-22-14(18)12-13(10-2-4-11(17)5-3-10)19-16(20-15(12)21-22)23-6-8-24-9-7-23/h2-5H,6-9,18H2,1H3. The van der Waals surface area contributed by atoms with Crippen molar-refractivity contribution in [3.63, 3.8) is 0 Å². The van der Waals surface area contributed by atoms with Crippen molar-refractivity contribution < 1.29 is 0 Å². The maximum absolute atomic E-state index is 6.21. The Hall–Kier alpha value is -1.99. The summed E-state index contributed by atoms with van der Waals surface area (Å²) in [6, 6.07) is 7.61. The summed E-state index contributed by atoms with van der Waals surface area (Å²) in [5, 5.41) is 5.93. The average Bonchev–Trinajstić information content (AvgIpc) is 2.90. The Balaban J connectivity index is 1.92. The number of halogens is 1. The van der Waals surface area contributed by atoms with Crippen molar-refractivity contribution in [1.29, 1.82) is 0 Å². The minimum Gasteiger partial charge on any atom is -0.383 e. The zero-order valence-electron chi connectivity index (χ0n) is 13.2. The van der Waals surface area contributed by atoms with Gasteiger partial charge in [0.2, 0.25) is 5.95 Å². The fourth-order valence-corrected chi connectivity index (χ4v) is 3.85. The summed E-state index contributed by atoms with van der Waals surface area (Å²) in [4.78, 5) is 11.7. The van der Waals surface area contributed by atoms with Gasteiger partial charge in [0, 0.05) is 42.2 Å². The normalized spacial score (nSPS) is 15.2. The number of aromatic nitrogens is 4. The fourth-order valence-electron chi connectivity index (χ4n) is 2.82. The first-order valence-corrected chi connectivity index (χ1v) is 9.25. The number of hydrogen-bond donors (Lipinski definition) is 1. The quantitative estimate of drug-likeness (QED) is 0.757. The Morgan fingerprint density at radius 3 is 2.54 bits per heavy atom. The number of nitrogen functional groups attached to an aromatic ring is 1. The summed E-state index contributed by atoms with van der Waals surface area (Å²) >= 11 is 7.98. The lowest BCUT2D eigenvalue weighted by molar-refractivity contribution is 0.782. The van der Waals surface area contributed by atoms with Crippen LogP contribution in [-0.4, -0.2) is 44.3 Å². The summed E-state index contributed by atoms with van der Waals surface area (Å²) in [5.41, 5.74) is 8.60. The van der Waals surface area contributed by atoms with Gasteiger partial charge in [-0.1, -0.05) is 23.7 Å². The zero-order chi connectivity index (χ0) is 16.7. The molecule has 0 spiro atoms. The fraction of sp³-hybridized carbons (Fsp3) is 0.312. The lowest BCUT2D eigenvalue weighted by atomic mass is 10.1. The molecule has 3 aromatic rings. The van der Waals surface area contributed by atoms with E-state index in [-0.39, 0.29) is 0 Å². The molecule has 124 valence electrons. The van der Waals surface area contributed by atoms with E-state index in [2.05, 4.69) is 15.0 Å². The smallest absolute Gasteiger partial charge is 0.228 e. The van der Waals surface area contributed by atoms with Gasteiger partial charge in [0.1, 0.15) is 5.82 Å². The second-order valence-corrected chi connectivity index (χ2v) is 7.35. The van der Waals surface area contributed by atoms with Gasteiger partial charge < -0.3 is 10.6 Å². The summed E-state index contributed by atoms with van der Waals surface area (Å²) in [6.45, 7) is 1.89. The van der Waals surface area contributed by atoms with E-state index in [1.165, 1.54) is 0 Å². The van der Waals surface area contributed by atoms with Crippen molar-refractivity contribution in [3.8, 4) is 11.3 Å². The van der Waals surface area contributed by atoms with E-state index < -0.39 is 0 Å². The lowest BCUT2D eigenvalue weighted by Gasteiger charge is -2.26. The van der Waals surface area contributed by atoms with Crippen molar-refractivity contribution in [1.82, 2.24) is 19.7 Å². The molecule has 2 N–H and O–H groups in total. The van der Waals surface area contributed by atoms with E-state index in [1.54, 1.807) is 4.68 Å². The third-order valence-electron chi connectivity index (χ3n) is 4.14. The van der Waals surface area contributed by atoms with E-state index >= 15 is 0 Å². The Morgan fingerprint density at radius 2 is 1.83 bits per heavy atom. The molecule has 0 amide bonds. The maximum Gasteiger partial charge on any atom is 0.228 e. The van der Waals surface area contributed by atoms with Crippen molar-refractivity contribution >= 4 is 46.2 Å². The van der Waals surface area contributed by atoms with Crippen LogP contribution < -0.4 is 10.6 Å². The van der Waals surface area contributed by atoms with Crippen LogP contribution in [0.3, 0.4) is 0 Å². The molecule has 0 radical (unpaired) electrons. The molecule has 3 heterocycles. The highest BCUT2D eigenvalue weighted by Gasteiger charge is 2.21. The van der Waals surface area contributed by atoms with Crippen LogP contribution in [0.1, 0.15) is 0 Å². The van der Waals surface area contributed by atoms with Crippen molar-refractivity contribution in [2.75, 3.05) is 35.2 Å². The minimum atomic E-state index is 0.565. The Morgan fingerprint density at radius 1 is 1.12 bits per heavy atom. The van der Waals surface area contributed by atoms with Gasteiger partial charge in [-0.2, -0.15) is 21.8 Å². The highest BCUT2D eigenvalue weighted by molar-refractivity contribution is 7.99. The SMILES string of the molecule is Cn1nc2nc(N3CCSCC3)nc(-c3ccc(Cl)cc3)c2c1N. The number of nitrogens with zero attached hydrogens (tertiary/aromatic N) is 5. The van der Waals surface area contributed by atoms with E-state index in [9.17, 15) is 0 Å². The molecule has 0 unspecified atom stereocenters. The first kappa shape index (κ1) is 15.5. The number of nitrogens with two attached hydrogens (primary N) is 1. The Kier molecular flexibility index (Phi) is 3.97. The molecule has 0 saturated carbocycles. The Labute approximate surface area is 149 Å². The van der Waals surface area contributed by atoms with Crippen LogP contribution >= 0.6 is 23.4 Å². The van der Waals surface area contributed by atoms with Gasteiger partial charge in [0.25, 0.3) is 0 Å². The predicted molar refractivity (Wildman–Crippen MR) is 101 cm³/mol. The number of anilines is 2. The van der Waals surface area contributed by atoms with Crippen LogP contribution in [0.2, 0.25) is 5.02 Å². The van der Waals surface area contributed by atoms with Crippen LogP contribution in [0.25, 0.3) is 22.3 Å². The molecule has 4 rings (SSSR count). The molecule has 1 aromatic carbocycles. The second-order valence-electron chi connectivity index (χ2n) is 5.69. The van der Waals surface area contributed by atoms with Gasteiger partial charge in [-0.05, 0) is 12.1 Å². The van der Waals surface area contributed by atoms with Gasteiger partial charge in [-0.3, -0.25) is 4.68 Å². The molecule has 0 atom stereocenters. The van der Waals surface area contributed by atoms with Crippen molar-refractivity contribution in [2.24, 2.45) is 7.05 Å². The predicted octanol–water partition coefficient (Wildman–Crippen LogP) is 2.82. The highest BCUT2D eigenvalue weighted by Crippen LogP contribution is 2.32. The third-order valence-corrected chi connectivity index (χ3v) is 5.33. The number of aryl methyl sites for hydroxylation is 1. The summed E-state index contributed by atoms with van der Waals surface area (Å²) in [5.74, 6) is 3.45. The van der Waals surface area contributed by atoms with Crippen molar-refractivity contribution in [3.05, 3.63) is 29.3 Å². The van der Waals surface area contributed by atoms with Gasteiger partial charge in [0.05, 0.1) is 11.1 Å². The molecule has 0 bridgehead atoms. The van der Waals surface area contributed by atoms with Crippen LogP contribution in [0.5, 0.6) is 0 Å². The van der Waals surface area contributed by atoms with Gasteiger partial charge in [0.15, 0.2) is 5.65 Å². The summed E-state index contributed by atoms with van der Waals surface area (Å²) < 4.78 is 1.65. The number of fused-ring (bicyclic) bond motifs is 1. The molecular formula is C16H17ClN6S. The first-order valence-electron chi connectivity index (χ1n) is 7.72. The lowest BCUT2D eigenvalue weighted by Crippen LogP contribution is -2.33. The van der Waals surface area contributed by atoms with Crippen LogP contribution in [0, 0.1) is 0 Å². The molecule has 1 fully saturated rings. The van der Waals surface area contributed by atoms with E-state index in [0.717, 1.165) is 41.2 Å². The monoisotopic (exact) mass is 360 g/mol. The van der Waals surface area contributed by atoms with Crippen LogP contribution in [0.15, 0.2) is 24.3 Å². The highest BCUT2D eigenvalue weighted by atomic mass is 35.5. The number of hydrogen-bond acceptors (Lipinski definition) is 6. The average molecular weight is 361 g/mol. The minimum absolute atomic E-state index is 0.565. The molecule has 1 saturated heterocycles. The zero-order valence-corrected chi connectivity index (χ0v) is 14.8. The van der Waals surface area contributed by atoms with E-state index in [4.69, 9.17) is 22.3 Å². The molecule has 24 heavy (non-hydrogen) atoms. The number of benzene rings is 1. The largest absolute Gasteiger partial charge is 0.383 e. The van der Waals surface area contributed by atoms with E-state index in [1.807, 2.05) is 43.1 Å². The molecule has 1 aliphatic heterocycles. The second kappa shape index (κ2) is 6.14. The maximum atomic E-state index is 6.21. The third kappa shape index (κ3) is 2.67. The van der Waals surface area contributed by atoms with Crippen LogP contribution in [-0.2, 0) is 7.05 Å². The molecule has 0 aliphatic carbocycles. The summed E-state index contributed by atoms with van der Waals surface area (Å²) in [6.07, 6.45) is 0. The molecule has 2 aromatic heterocycles.